The van der Waals surface area contributed by atoms with E-state index >= 15 is 0 Å². The minimum atomic E-state index is 0. The Hall–Kier alpha value is -2.66. The van der Waals surface area contributed by atoms with Crippen molar-refractivity contribution >= 4 is 0 Å². The van der Waals surface area contributed by atoms with Gasteiger partial charge in [0.25, 0.3) is 0 Å². The van der Waals surface area contributed by atoms with E-state index in [0.717, 1.165) is 6.54 Å². The van der Waals surface area contributed by atoms with Gasteiger partial charge in [-0.15, -0.1) is 0 Å². The molecular weight excluding hydrogens is 272 g/mol. The molecule has 0 radical (unpaired) electrons. The molecule has 0 aliphatic carbocycles. The maximum atomic E-state index is 8.29. The van der Waals surface area contributed by atoms with Gasteiger partial charge in [-0.05, 0) is 24.2 Å². The summed E-state index contributed by atoms with van der Waals surface area (Å²) in [4.78, 5) is 0. The molecule has 0 spiro atoms. The van der Waals surface area contributed by atoms with E-state index < -0.39 is 0 Å². The summed E-state index contributed by atoms with van der Waals surface area (Å²) >= 11 is 0. The number of hydrogen-bond donors (Lipinski definition) is 2. The molecule has 0 aromatic heterocycles. The first-order valence-corrected chi connectivity index (χ1v) is 6.90. The number of rotatable bonds is 1. The first-order chi connectivity index (χ1) is 10.7. The topological polar surface area (TPSA) is 99.6 Å². The number of nitriles is 2. The highest BCUT2D eigenvalue weighted by molar-refractivity contribution is 5.27. The Balaban J connectivity index is -0.0000000404. The van der Waals surface area contributed by atoms with Crippen LogP contribution in [0.2, 0.25) is 0 Å². The minimum Gasteiger partial charge on any atom is -0.331 e. The van der Waals surface area contributed by atoms with Gasteiger partial charge in [0.15, 0.2) is 0 Å². The van der Waals surface area contributed by atoms with E-state index in [1.807, 2.05) is 61.5 Å². The van der Waals surface area contributed by atoms with Gasteiger partial charge in [-0.25, -0.2) is 0 Å². The molecule has 22 heavy (non-hydrogen) atoms. The summed E-state index contributed by atoms with van der Waals surface area (Å²) in [6, 6.07) is 22.9. The molecule has 0 amide bonds. The molecule has 0 bridgehead atoms. The third kappa shape index (κ3) is 15.4. The second-order valence-corrected chi connectivity index (χ2v) is 3.80. The molecule has 4 nitrogen and oxygen atoms in total. The fraction of sp³-hybridized carbons (Fsp3) is 0.222. The van der Waals surface area contributed by atoms with Crippen LogP contribution in [0.5, 0.6) is 0 Å². The van der Waals surface area contributed by atoms with E-state index in [4.69, 9.17) is 22.0 Å². The monoisotopic (exact) mass is 306 g/mol. The van der Waals surface area contributed by atoms with Crippen molar-refractivity contribution in [2.24, 2.45) is 11.5 Å². The molecule has 0 aliphatic heterocycles. The molecule has 0 fully saturated rings. The Kier molecular flexibility index (Phi) is 18.0. The average molecular weight is 306 g/mol. The van der Waals surface area contributed by atoms with Crippen LogP contribution in [0.4, 0.5) is 0 Å². The van der Waals surface area contributed by atoms with Gasteiger partial charge in [-0.3, -0.25) is 0 Å². The van der Waals surface area contributed by atoms with Crippen molar-refractivity contribution < 1.29 is 7.13 Å². The summed E-state index contributed by atoms with van der Waals surface area (Å²) in [5.41, 5.74) is 12.1. The summed E-state index contributed by atoms with van der Waals surface area (Å²) in [5, 5.41) is 15.6. The number of nitrogens with two attached hydrogens (primary N) is 2. The lowest BCUT2D eigenvalue weighted by molar-refractivity contribution is 1.07. The van der Waals surface area contributed by atoms with Crippen LogP contribution >= 0.6 is 0 Å². The number of nitrogens with zero attached hydrogens (tertiary/aromatic N) is 2. The molecule has 0 heterocycles. The molecule has 2 aromatic carbocycles. The highest BCUT2D eigenvalue weighted by Crippen LogP contribution is 1.94. The maximum Gasteiger partial charge on any atom is 0.0991 e. The van der Waals surface area contributed by atoms with Crippen LogP contribution in [0.15, 0.2) is 60.7 Å². The molecule has 126 valence electrons. The van der Waals surface area contributed by atoms with Gasteiger partial charge in [0.2, 0.25) is 0 Å². The molecule has 2 aromatic rings. The van der Waals surface area contributed by atoms with E-state index in [-0.39, 0.29) is 7.13 Å². The highest BCUT2D eigenvalue weighted by atomic mass is 14.5. The molecule has 0 unspecified atom stereocenters. The van der Waals surface area contributed by atoms with E-state index in [9.17, 15) is 0 Å². The SMILES string of the molecule is CC#N.CCN.N#Cc1ccccc1.NCc1ccccc1.[HH].[HH].[HH].[HH].[HH]. The van der Waals surface area contributed by atoms with E-state index in [1.54, 1.807) is 18.2 Å². The van der Waals surface area contributed by atoms with E-state index in [2.05, 4.69) is 0 Å². The second-order valence-electron chi connectivity index (χ2n) is 3.80. The molecular formula is C18H34N4. The standard InChI is InChI=1S/C7H9N.C7H5N.C2H7N.C2H3N.5H2/c2*8-6-7-4-2-1-3-5-7;2*1-2-3;;;;;/h1-5H,6,8H2;1-5H;2-3H2,1H3;1H3;5*1H. The third-order valence-electron chi connectivity index (χ3n) is 1.98. The first-order valence-electron chi connectivity index (χ1n) is 6.90. The predicted molar refractivity (Wildman–Crippen MR) is 102 cm³/mol. The zero-order valence-corrected chi connectivity index (χ0v) is 13.2. The zero-order chi connectivity index (χ0) is 17.1. The Labute approximate surface area is 141 Å². The van der Waals surface area contributed by atoms with Crippen molar-refractivity contribution in [2.75, 3.05) is 6.54 Å². The molecule has 0 aliphatic rings. The summed E-state index contributed by atoms with van der Waals surface area (Å²) in [7, 11) is 0. The Bertz CT molecular complexity index is 543. The quantitative estimate of drug-likeness (QED) is 0.814. The maximum absolute atomic E-state index is 8.29. The van der Waals surface area contributed by atoms with Gasteiger partial charge >= 0.3 is 0 Å². The summed E-state index contributed by atoms with van der Waals surface area (Å²) < 4.78 is 0. The Morgan fingerprint density at radius 2 is 1.27 bits per heavy atom. The molecule has 0 atom stereocenters. The fourth-order valence-corrected chi connectivity index (χ4v) is 1.13. The molecule has 2 rings (SSSR count). The van der Waals surface area contributed by atoms with Gasteiger partial charge in [0.05, 0.1) is 17.7 Å². The summed E-state index contributed by atoms with van der Waals surface area (Å²) in [5.74, 6) is 0. The van der Waals surface area contributed by atoms with Gasteiger partial charge in [0.1, 0.15) is 0 Å². The van der Waals surface area contributed by atoms with Crippen molar-refractivity contribution in [3.63, 3.8) is 0 Å². The van der Waals surface area contributed by atoms with Crippen molar-refractivity contribution in [3.05, 3.63) is 71.8 Å². The van der Waals surface area contributed by atoms with Crippen LogP contribution in [-0.4, -0.2) is 6.54 Å². The number of benzene rings is 2. The van der Waals surface area contributed by atoms with Crippen LogP contribution < -0.4 is 11.5 Å². The van der Waals surface area contributed by atoms with Crippen LogP contribution in [0, 0.1) is 22.7 Å². The zero-order valence-electron chi connectivity index (χ0n) is 13.2. The molecule has 4 heteroatoms. The molecule has 0 saturated heterocycles. The first kappa shape index (κ1) is 21.6. The molecule has 0 saturated carbocycles. The van der Waals surface area contributed by atoms with Crippen LogP contribution in [0.25, 0.3) is 0 Å². The summed E-state index contributed by atoms with van der Waals surface area (Å²) in [6.07, 6.45) is 0. The highest BCUT2D eigenvalue weighted by Gasteiger charge is 1.80. The van der Waals surface area contributed by atoms with Crippen molar-refractivity contribution in [2.45, 2.75) is 20.4 Å². The van der Waals surface area contributed by atoms with E-state index in [1.165, 1.54) is 12.5 Å². The Morgan fingerprint density at radius 1 is 0.909 bits per heavy atom. The fourth-order valence-electron chi connectivity index (χ4n) is 1.13. The third-order valence-corrected chi connectivity index (χ3v) is 1.98. The average Bonchev–Trinajstić information content (AvgIpc) is 2.58. The van der Waals surface area contributed by atoms with Gasteiger partial charge in [-0.2, -0.15) is 10.5 Å². The smallest absolute Gasteiger partial charge is 0.0991 e. The van der Waals surface area contributed by atoms with Crippen molar-refractivity contribution in [3.8, 4) is 12.1 Å². The Morgan fingerprint density at radius 3 is 1.50 bits per heavy atom. The van der Waals surface area contributed by atoms with Gasteiger partial charge < -0.3 is 11.5 Å². The number of hydrogen-bond acceptors (Lipinski definition) is 4. The minimum absolute atomic E-state index is 0. The summed E-state index contributed by atoms with van der Waals surface area (Å²) in [6.45, 7) is 4.72. The normalized spacial score (nSPS) is 7.36. The van der Waals surface area contributed by atoms with Gasteiger partial charge in [-0.1, -0.05) is 55.5 Å². The van der Waals surface area contributed by atoms with Crippen molar-refractivity contribution in [1.29, 1.82) is 10.5 Å². The lowest BCUT2D eigenvalue weighted by Crippen LogP contribution is -1.94. The van der Waals surface area contributed by atoms with Crippen LogP contribution in [-0.2, 0) is 6.54 Å². The largest absolute Gasteiger partial charge is 0.331 e. The second kappa shape index (κ2) is 18.3. The van der Waals surface area contributed by atoms with Crippen molar-refractivity contribution in [1.82, 2.24) is 0 Å². The van der Waals surface area contributed by atoms with E-state index in [0.29, 0.717) is 12.1 Å². The lowest BCUT2D eigenvalue weighted by atomic mass is 10.2. The van der Waals surface area contributed by atoms with Crippen LogP contribution in [0.1, 0.15) is 32.1 Å². The predicted octanol–water partition coefficient (Wildman–Crippen LogP) is 4.43. The van der Waals surface area contributed by atoms with Gasteiger partial charge in [0, 0.05) is 20.6 Å². The lowest BCUT2D eigenvalue weighted by Gasteiger charge is -1.90. The molecule has 4 N–H and O–H groups in total. The van der Waals surface area contributed by atoms with Crippen LogP contribution in [0.3, 0.4) is 0 Å².